The molecule has 0 aliphatic heterocycles. The lowest BCUT2D eigenvalue weighted by atomic mass is 10.2. The molecule has 0 saturated heterocycles. The maximum atomic E-state index is 12.1. The standard InChI is InChI=1S/C17H18F2N2O3S/c1-11-3-8-14(25-11)16(23)20-9-15(22)21(2)10-12-4-6-13(7-5-12)24-17(18)19/h3-8,17H,9-10H2,1-2H3,(H,20,23). The lowest BCUT2D eigenvalue weighted by molar-refractivity contribution is -0.129. The van der Waals surface area contributed by atoms with Crippen LogP contribution >= 0.6 is 11.3 Å². The zero-order valence-electron chi connectivity index (χ0n) is 13.8. The molecule has 0 radical (unpaired) electrons. The summed E-state index contributed by atoms with van der Waals surface area (Å²) in [6.45, 7) is -0.788. The van der Waals surface area contributed by atoms with Crippen molar-refractivity contribution < 1.29 is 23.1 Å². The Bertz CT molecular complexity index is 732. The molecule has 2 amide bonds. The first-order valence-electron chi connectivity index (χ1n) is 7.47. The van der Waals surface area contributed by atoms with Crippen LogP contribution in [0.5, 0.6) is 5.75 Å². The number of ether oxygens (including phenoxy) is 1. The van der Waals surface area contributed by atoms with E-state index in [1.54, 1.807) is 25.2 Å². The predicted molar refractivity (Wildman–Crippen MR) is 90.9 cm³/mol. The summed E-state index contributed by atoms with van der Waals surface area (Å²) in [5, 5.41) is 2.59. The van der Waals surface area contributed by atoms with E-state index >= 15 is 0 Å². The van der Waals surface area contributed by atoms with E-state index in [0.717, 1.165) is 10.4 Å². The first-order valence-corrected chi connectivity index (χ1v) is 8.29. The Morgan fingerprint density at radius 2 is 1.88 bits per heavy atom. The zero-order valence-corrected chi connectivity index (χ0v) is 14.6. The smallest absolute Gasteiger partial charge is 0.387 e. The second kappa shape index (κ2) is 8.57. The summed E-state index contributed by atoms with van der Waals surface area (Å²) in [6, 6.07) is 9.60. The average molecular weight is 368 g/mol. The van der Waals surface area contributed by atoms with Crippen LogP contribution in [0.2, 0.25) is 0 Å². The molecule has 2 aromatic rings. The maximum Gasteiger partial charge on any atom is 0.387 e. The number of likely N-dealkylation sites (N-methyl/N-ethyl adjacent to an activating group) is 1. The number of carbonyl (C=O) groups is 2. The summed E-state index contributed by atoms with van der Waals surface area (Å²) in [4.78, 5) is 27.0. The highest BCUT2D eigenvalue weighted by Gasteiger charge is 2.13. The minimum Gasteiger partial charge on any atom is -0.435 e. The number of alkyl halides is 2. The summed E-state index contributed by atoms with van der Waals surface area (Å²) >= 11 is 1.36. The number of hydrogen-bond donors (Lipinski definition) is 1. The molecule has 1 aromatic heterocycles. The third-order valence-electron chi connectivity index (χ3n) is 3.36. The number of nitrogens with zero attached hydrogens (tertiary/aromatic N) is 1. The minimum absolute atomic E-state index is 0.0613. The summed E-state index contributed by atoms with van der Waals surface area (Å²) in [7, 11) is 1.60. The molecule has 0 saturated carbocycles. The van der Waals surface area contributed by atoms with Crippen molar-refractivity contribution in [3.8, 4) is 5.75 Å². The Balaban J connectivity index is 1.82. The predicted octanol–water partition coefficient (Wildman–Crippen LogP) is 3.05. The number of nitrogens with one attached hydrogen (secondary N) is 1. The number of amides is 2. The van der Waals surface area contributed by atoms with Crippen molar-refractivity contribution in [3.05, 3.63) is 51.7 Å². The quantitative estimate of drug-likeness (QED) is 0.817. The molecular formula is C17H18F2N2O3S. The van der Waals surface area contributed by atoms with Crippen LogP contribution in [0.3, 0.4) is 0 Å². The summed E-state index contributed by atoms with van der Waals surface area (Å²) in [5.41, 5.74) is 0.762. The first kappa shape index (κ1) is 18.9. The number of aryl methyl sites for hydroxylation is 1. The molecule has 0 aliphatic carbocycles. The summed E-state index contributed by atoms with van der Waals surface area (Å²) in [5.74, 6) is -0.478. The van der Waals surface area contributed by atoms with Crippen molar-refractivity contribution in [1.29, 1.82) is 0 Å². The van der Waals surface area contributed by atoms with Crippen molar-refractivity contribution >= 4 is 23.2 Å². The molecule has 2 rings (SSSR count). The Morgan fingerprint density at radius 3 is 2.44 bits per heavy atom. The first-order chi connectivity index (χ1) is 11.8. The molecule has 1 heterocycles. The second-order valence-corrected chi connectivity index (χ2v) is 6.65. The molecule has 25 heavy (non-hydrogen) atoms. The number of halogens is 2. The third kappa shape index (κ3) is 5.82. The summed E-state index contributed by atoms with van der Waals surface area (Å²) < 4.78 is 28.5. The molecule has 5 nitrogen and oxygen atoms in total. The number of rotatable bonds is 7. The van der Waals surface area contributed by atoms with E-state index in [1.807, 2.05) is 13.0 Å². The van der Waals surface area contributed by atoms with Crippen LogP contribution in [0, 0.1) is 6.92 Å². The molecular weight excluding hydrogens is 350 g/mol. The molecule has 0 unspecified atom stereocenters. The van der Waals surface area contributed by atoms with Gasteiger partial charge in [0.15, 0.2) is 0 Å². The van der Waals surface area contributed by atoms with Gasteiger partial charge in [0, 0.05) is 18.5 Å². The van der Waals surface area contributed by atoms with Crippen LogP contribution < -0.4 is 10.1 Å². The highest BCUT2D eigenvalue weighted by Crippen LogP contribution is 2.16. The molecule has 8 heteroatoms. The molecule has 0 atom stereocenters. The van der Waals surface area contributed by atoms with Crippen LogP contribution in [0.1, 0.15) is 20.1 Å². The van der Waals surface area contributed by atoms with Gasteiger partial charge in [-0.1, -0.05) is 12.1 Å². The number of hydrogen-bond acceptors (Lipinski definition) is 4. The van der Waals surface area contributed by atoms with Crippen molar-refractivity contribution in [2.24, 2.45) is 0 Å². The average Bonchev–Trinajstić information content (AvgIpc) is 3.00. The van der Waals surface area contributed by atoms with Crippen molar-refractivity contribution in [2.75, 3.05) is 13.6 Å². The van der Waals surface area contributed by atoms with Gasteiger partial charge < -0.3 is 15.0 Å². The van der Waals surface area contributed by atoms with Gasteiger partial charge in [0.05, 0.1) is 11.4 Å². The molecule has 134 valence electrons. The number of thiophene rings is 1. The van der Waals surface area contributed by atoms with Gasteiger partial charge >= 0.3 is 6.61 Å². The van der Waals surface area contributed by atoms with E-state index in [0.29, 0.717) is 11.4 Å². The van der Waals surface area contributed by atoms with Crippen molar-refractivity contribution in [1.82, 2.24) is 10.2 Å². The highest BCUT2D eigenvalue weighted by atomic mass is 32.1. The van der Waals surface area contributed by atoms with Crippen molar-refractivity contribution in [2.45, 2.75) is 20.1 Å². The van der Waals surface area contributed by atoms with Gasteiger partial charge in [-0.2, -0.15) is 8.78 Å². The molecule has 0 fully saturated rings. The highest BCUT2D eigenvalue weighted by molar-refractivity contribution is 7.13. The van der Waals surface area contributed by atoms with Crippen LogP contribution in [-0.2, 0) is 11.3 Å². The normalized spacial score (nSPS) is 10.6. The van der Waals surface area contributed by atoms with Crippen molar-refractivity contribution in [3.63, 3.8) is 0 Å². The lowest BCUT2D eigenvalue weighted by Gasteiger charge is -2.17. The largest absolute Gasteiger partial charge is 0.435 e. The molecule has 1 N–H and O–H groups in total. The lowest BCUT2D eigenvalue weighted by Crippen LogP contribution is -2.37. The summed E-state index contributed by atoms with van der Waals surface area (Å²) in [6.07, 6.45) is 0. The number of carbonyl (C=O) groups excluding carboxylic acids is 2. The fourth-order valence-corrected chi connectivity index (χ4v) is 2.86. The minimum atomic E-state index is -2.87. The van der Waals surface area contributed by atoms with Gasteiger partial charge in [-0.05, 0) is 36.8 Å². The maximum absolute atomic E-state index is 12.1. The molecule has 0 aliphatic rings. The molecule has 0 spiro atoms. The van der Waals surface area contributed by atoms with Gasteiger partial charge in [-0.25, -0.2) is 0 Å². The van der Waals surface area contributed by atoms with Crippen LogP contribution in [0.4, 0.5) is 8.78 Å². The topological polar surface area (TPSA) is 58.6 Å². The zero-order chi connectivity index (χ0) is 18.4. The second-order valence-electron chi connectivity index (χ2n) is 5.37. The van der Waals surface area contributed by atoms with Crippen LogP contribution in [0.15, 0.2) is 36.4 Å². The van der Waals surface area contributed by atoms with E-state index in [-0.39, 0.29) is 24.1 Å². The van der Waals surface area contributed by atoms with Gasteiger partial charge in [-0.3, -0.25) is 9.59 Å². The van der Waals surface area contributed by atoms with Crippen LogP contribution in [-0.4, -0.2) is 36.9 Å². The van der Waals surface area contributed by atoms with E-state index in [2.05, 4.69) is 10.1 Å². The number of benzene rings is 1. The van der Waals surface area contributed by atoms with Crippen LogP contribution in [0.25, 0.3) is 0 Å². The fourth-order valence-electron chi connectivity index (χ4n) is 2.07. The Labute approximate surface area is 148 Å². The van der Waals surface area contributed by atoms with Gasteiger partial charge in [0.1, 0.15) is 5.75 Å². The van der Waals surface area contributed by atoms with E-state index in [9.17, 15) is 18.4 Å². The monoisotopic (exact) mass is 368 g/mol. The van der Waals surface area contributed by atoms with Gasteiger partial charge in [0.2, 0.25) is 5.91 Å². The van der Waals surface area contributed by atoms with E-state index < -0.39 is 6.61 Å². The van der Waals surface area contributed by atoms with E-state index in [4.69, 9.17) is 0 Å². The fraction of sp³-hybridized carbons (Fsp3) is 0.294. The van der Waals surface area contributed by atoms with Gasteiger partial charge in [0.25, 0.3) is 5.91 Å². The molecule has 1 aromatic carbocycles. The van der Waals surface area contributed by atoms with E-state index in [1.165, 1.54) is 28.4 Å². The Hall–Kier alpha value is -2.48. The Kier molecular flexibility index (Phi) is 6.46. The Morgan fingerprint density at radius 1 is 1.20 bits per heavy atom. The SMILES string of the molecule is Cc1ccc(C(=O)NCC(=O)N(C)Cc2ccc(OC(F)F)cc2)s1. The molecule has 0 bridgehead atoms. The van der Waals surface area contributed by atoms with Gasteiger partial charge in [-0.15, -0.1) is 11.3 Å². The third-order valence-corrected chi connectivity index (χ3v) is 4.36.